The Kier molecular flexibility index (Phi) is 4.57. The molecule has 3 heteroatoms. The first-order valence-corrected chi connectivity index (χ1v) is 6.96. The van der Waals surface area contributed by atoms with E-state index in [4.69, 9.17) is 0 Å². The Morgan fingerprint density at radius 2 is 2.06 bits per heavy atom. The summed E-state index contributed by atoms with van der Waals surface area (Å²) in [4.78, 5) is 0.414. The summed E-state index contributed by atoms with van der Waals surface area (Å²) in [7, 11) is -3.09. The third-order valence-electron chi connectivity index (χ3n) is 2.35. The van der Waals surface area contributed by atoms with Gasteiger partial charge >= 0.3 is 0 Å². The minimum absolute atomic E-state index is 0.144. The number of benzene rings is 1. The van der Waals surface area contributed by atoms with Crippen molar-refractivity contribution < 1.29 is 8.42 Å². The van der Waals surface area contributed by atoms with Crippen molar-refractivity contribution in [1.82, 2.24) is 0 Å². The van der Waals surface area contributed by atoms with Gasteiger partial charge in [0.15, 0.2) is 9.84 Å². The summed E-state index contributed by atoms with van der Waals surface area (Å²) in [5.74, 6) is 5.94. The summed E-state index contributed by atoms with van der Waals surface area (Å²) >= 11 is 0. The van der Waals surface area contributed by atoms with Crippen LogP contribution in [0.2, 0.25) is 0 Å². The molecule has 1 aromatic rings. The van der Waals surface area contributed by atoms with E-state index in [1.165, 1.54) is 0 Å². The van der Waals surface area contributed by atoms with Crippen molar-refractivity contribution in [3.63, 3.8) is 0 Å². The van der Waals surface area contributed by atoms with Crippen LogP contribution in [0.5, 0.6) is 0 Å². The minimum Gasteiger partial charge on any atom is -0.224 e. The van der Waals surface area contributed by atoms with Gasteiger partial charge < -0.3 is 0 Å². The zero-order chi connectivity index (χ0) is 12.0. The van der Waals surface area contributed by atoms with Crippen LogP contribution in [0.4, 0.5) is 0 Å². The van der Waals surface area contributed by atoms with Crippen LogP contribution < -0.4 is 0 Å². The number of hydrogen-bond acceptors (Lipinski definition) is 2. The molecule has 0 amide bonds. The Balaban J connectivity index is 2.90. The summed E-state index contributed by atoms with van der Waals surface area (Å²) in [5.41, 5.74) is 1.03. The van der Waals surface area contributed by atoms with Gasteiger partial charge in [0.1, 0.15) is 0 Å². The molecule has 0 N–H and O–H groups in total. The molecule has 0 atom stereocenters. The quantitative estimate of drug-likeness (QED) is 0.752. The third-order valence-corrected chi connectivity index (χ3v) is 4.09. The first-order valence-electron chi connectivity index (χ1n) is 5.31. The molecule has 0 aliphatic carbocycles. The van der Waals surface area contributed by atoms with Crippen molar-refractivity contribution in [2.75, 3.05) is 5.75 Å². The number of rotatable bonds is 4. The molecule has 0 unspecified atom stereocenters. The van der Waals surface area contributed by atoms with Crippen molar-refractivity contribution in [1.29, 1.82) is 0 Å². The zero-order valence-corrected chi connectivity index (χ0v) is 10.5. The lowest BCUT2D eigenvalue weighted by atomic mass is 10.1. The number of aryl methyl sites for hydroxylation is 1. The SMILES string of the molecule is CC#CCCc1cccc(S(=O)(=O)CC)c1. The predicted octanol–water partition coefficient (Wildman–Crippen LogP) is 2.44. The molecule has 16 heavy (non-hydrogen) atoms. The summed E-state index contributed by atoms with van der Waals surface area (Å²) < 4.78 is 23.3. The van der Waals surface area contributed by atoms with Gasteiger partial charge in [0.25, 0.3) is 0 Å². The Morgan fingerprint density at radius 1 is 1.31 bits per heavy atom. The normalized spacial score (nSPS) is 10.6. The molecule has 0 bridgehead atoms. The van der Waals surface area contributed by atoms with E-state index in [0.717, 1.165) is 18.4 Å². The van der Waals surface area contributed by atoms with Crippen LogP contribution >= 0.6 is 0 Å². The van der Waals surface area contributed by atoms with Crippen molar-refractivity contribution in [2.45, 2.75) is 31.6 Å². The minimum atomic E-state index is -3.09. The topological polar surface area (TPSA) is 34.1 Å². The average molecular weight is 236 g/mol. The highest BCUT2D eigenvalue weighted by Crippen LogP contribution is 2.14. The molecule has 1 aromatic carbocycles. The average Bonchev–Trinajstić information content (AvgIpc) is 2.30. The molecule has 0 aliphatic heterocycles. The highest BCUT2D eigenvalue weighted by Gasteiger charge is 2.11. The van der Waals surface area contributed by atoms with E-state index in [9.17, 15) is 8.42 Å². The highest BCUT2D eigenvalue weighted by molar-refractivity contribution is 7.91. The fraction of sp³-hybridized carbons (Fsp3) is 0.385. The van der Waals surface area contributed by atoms with Crippen LogP contribution in [-0.4, -0.2) is 14.2 Å². The number of sulfone groups is 1. The molecular formula is C13H16O2S. The summed E-state index contributed by atoms with van der Waals surface area (Å²) in [5, 5.41) is 0. The van der Waals surface area contributed by atoms with Gasteiger partial charge in [0, 0.05) is 6.42 Å². The van der Waals surface area contributed by atoms with Crippen molar-refractivity contribution in [3.8, 4) is 11.8 Å². The maximum absolute atomic E-state index is 11.7. The number of hydrogen-bond donors (Lipinski definition) is 0. The molecule has 0 spiro atoms. The molecule has 2 nitrogen and oxygen atoms in total. The van der Waals surface area contributed by atoms with Gasteiger partial charge in [0.05, 0.1) is 10.6 Å². The molecule has 0 fully saturated rings. The summed E-state index contributed by atoms with van der Waals surface area (Å²) in [6.07, 6.45) is 1.57. The second-order valence-electron chi connectivity index (χ2n) is 3.48. The fourth-order valence-electron chi connectivity index (χ4n) is 1.39. The van der Waals surface area contributed by atoms with E-state index in [0.29, 0.717) is 4.90 Å². The van der Waals surface area contributed by atoms with Crippen LogP contribution in [0.25, 0.3) is 0 Å². The predicted molar refractivity (Wildman–Crippen MR) is 65.9 cm³/mol. The van der Waals surface area contributed by atoms with Crippen LogP contribution in [0.1, 0.15) is 25.8 Å². The van der Waals surface area contributed by atoms with Crippen molar-refractivity contribution in [3.05, 3.63) is 29.8 Å². The molecule has 0 heterocycles. The summed E-state index contributed by atoms with van der Waals surface area (Å²) in [6.45, 7) is 3.46. The van der Waals surface area contributed by atoms with Crippen molar-refractivity contribution in [2.24, 2.45) is 0 Å². The Morgan fingerprint density at radius 3 is 2.69 bits per heavy atom. The van der Waals surface area contributed by atoms with E-state index in [1.54, 1.807) is 32.0 Å². The summed E-state index contributed by atoms with van der Waals surface area (Å²) in [6, 6.07) is 7.12. The molecule has 0 saturated carbocycles. The standard InChI is InChI=1S/C13H16O2S/c1-3-5-6-8-12-9-7-10-13(11-12)16(14,15)4-2/h7,9-11H,4,6,8H2,1-2H3. The van der Waals surface area contributed by atoms with Gasteiger partial charge in [-0.25, -0.2) is 8.42 Å². The Bertz CT molecular complexity index is 504. The van der Waals surface area contributed by atoms with Gasteiger partial charge in [-0.15, -0.1) is 11.8 Å². The van der Waals surface area contributed by atoms with Gasteiger partial charge in [-0.1, -0.05) is 19.1 Å². The zero-order valence-electron chi connectivity index (χ0n) is 9.66. The maximum Gasteiger partial charge on any atom is 0.178 e. The van der Waals surface area contributed by atoms with Gasteiger partial charge in [-0.05, 0) is 31.0 Å². The van der Waals surface area contributed by atoms with Gasteiger partial charge in [-0.2, -0.15) is 0 Å². The molecule has 0 aliphatic rings. The molecule has 86 valence electrons. The Labute approximate surface area is 97.6 Å². The van der Waals surface area contributed by atoms with Crippen LogP contribution in [-0.2, 0) is 16.3 Å². The Hall–Kier alpha value is -1.27. The van der Waals surface area contributed by atoms with Gasteiger partial charge in [-0.3, -0.25) is 0 Å². The van der Waals surface area contributed by atoms with Crippen LogP contribution in [0.15, 0.2) is 29.2 Å². The smallest absolute Gasteiger partial charge is 0.178 e. The molecular weight excluding hydrogens is 220 g/mol. The lowest BCUT2D eigenvalue weighted by Crippen LogP contribution is -2.03. The molecule has 1 rings (SSSR count). The van der Waals surface area contributed by atoms with Gasteiger partial charge in [0.2, 0.25) is 0 Å². The van der Waals surface area contributed by atoms with Crippen LogP contribution in [0.3, 0.4) is 0 Å². The molecule has 0 aromatic heterocycles. The molecule has 0 radical (unpaired) electrons. The second kappa shape index (κ2) is 5.72. The van der Waals surface area contributed by atoms with E-state index in [-0.39, 0.29) is 5.75 Å². The lowest BCUT2D eigenvalue weighted by molar-refractivity contribution is 0.597. The highest BCUT2D eigenvalue weighted by atomic mass is 32.2. The van der Waals surface area contributed by atoms with Crippen molar-refractivity contribution >= 4 is 9.84 Å². The molecule has 0 saturated heterocycles. The second-order valence-corrected chi connectivity index (χ2v) is 5.76. The van der Waals surface area contributed by atoms with E-state index < -0.39 is 9.84 Å². The van der Waals surface area contributed by atoms with E-state index >= 15 is 0 Å². The van der Waals surface area contributed by atoms with E-state index in [1.807, 2.05) is 6.07 Å². The third kappa shape index (κ3) is 3.39. The van der Waals surface area contributed by atoms with E-state index in [2.05, 4.69) is 11.8 Å². The lowest BCUT2D eigenvalue weighted by Gasteiger charge is -2.03. The largest absolute Gasteiger partial charge is 0.224 e. The fourth-order valence-corrected chi connectivity index (χ4v) is 2.34. The first kappa shape index (κ1) is 12.8. The van der Waals surface area contributed by atoms with Crippen LogP contribution in [0, 0.1) is 11.8 Å². The monoisotopic (exact) mass is 236 g/mol. The first-order chi connectivity index (χ1) is 7.60. The maximum atomic E-state index is 11.7.